The molecule has 1 atom stereocenters. The second-order valence-electron chi connectivity index (χ2n) is 11.9. The Morgan fingerprint density at radius 3 is 2.02 bits per heavy atom. The summed E-state index contributed by atoms with van der Waals surface area (Å²) in [6.45, 7) is 6.83. The van der Waals surface area contributed by atoms with Gasteiger partial charge in [0, 0.05) is 23.5 Å². The first kappa shape index (κ1) is 33.7. The van der Waals surface area contributed by atoms with E-state index in [9.17, 15) is 22.4 Å². The summed E-state index contributed by atoms with van der Waals surface area (Å²) in [5, 5.41) is 3.51. The largest absolute Gasteiger partial charge is 0.350 e. The van der Waals surface area contributed by atoms with Crippen molar-refractivity contribution in [1.82, 2.24) is 10.2 Å². The summed E-state index contributed by atoms with van der Waals surface area (Å²) in [5.74, 6) is -1.56. The van der Waals surface area contributed by atoms with Crippen molar-refractivity contribution in [2.24, 2.45) is 0 Å². The molecular formula is C35H37ClFN3O4S. The Morgan fingerprint density at radius 2 is 1.44 bits per heavy atom. The molecule has 0 unspecified atom stereocenters. The minimum Gasteiger partial charge on any atom is -0.350 e. The number of nitrogens with zero attached hydrogens (tertiary/aromatic N) is 2. The number of amides is 2. The van der Waals surface area contributed by atoms with Gasteiger partial charge in [0.25, 0.3) is 10.0 Å². The number of hydrogen-bond acceptors (Lipinski definition) is 4. The van der Waals surface area contributed by atoms with Crippen LogP contribution in [0.3, 0.4) is 0 Å². The maximum absolute atomic E-state index is 14.5. The van der Waals surface area contributed by atoms with E-state index in [0.29, 0.717) is 10.6 Å². The lowest BCUT2D eigenvalue weighted by molar-refractivity contribution is -0.140. The number of carbonyl (C=O) groups is 2. The molecule has 0 spiro atoms. The second kappa shape index (κ2) is 14.3. The Kier molecular flexibility index (Phi) is 10.7. The lowest BCUT2D eigenvalue weighted by Gasteiger charge is -2.35. The quantitative estimate of drug-likeness (QED) is 0.200. The number of benzene rings is 4. The van der Waals surface area contributed by atoms with E-state index in [0.717, 1.165) is 39.7 Å². The minimum atomic E-state index is -4.32. The van der Waals surface area contributed by atoms with Gasteiger partial charge in [-0.05, 0) is 87.4 Å². The van der Waals surface area contributed by atoms with Crippen LogP contribution in [0.15, 0.2) is 108 Å². The third-order valence-electron chi connectivity index (χ3n) is 7.04. The maximum Gasteiger partial charge on any atom is 0.264 e. The van der Waals surface area contributed by atoms with E-state index < -0.39 is 39.9 Å². The first-order chi connectivity index (χ1) is 21.2. The fourth-order valence-corrected chi connectivity index (χ4v) is 6.31. The van der Waals surface area contributed by atoms with Crippen molar-refractivity contribution >= 4 is 39.1 Å². The molecule has 10 heteroatoms. The van der Waals surface area contributed by atoms with Crippen molar-refractivity contribution < 1.29 is 22.4 Å². The number of nitrogens with one attached hydrogen (secondary N) is 1. The van der Waals surface area contributed by atoms with Crippen molar-refractivity contribution in [3.63, 3.8) is 0 Å². The van der Waals surface area contributed by atoms with Crippen LogP contribution in [0.5, 0.6) is 0 Å². The summed E-state index contributed by atoms with van der Waals surface area (Å²) in [6.07, 6.45) is 0.192. The lowest BCUT2D eigenvalue weighted by atomic mass is 10.0. The summed E-state index contributed by atoms with van der Waals surface area (Å²) in [6, 6.07) is 26.4. The number of rotatable bonds is 11. The predicted molar refractivity (Wildman–Crippen MR) is 176 cm³/mol. The zero-order valence-electron chi connectivity index (χ0n) is 25.7. The SMILES string of the molecule is Cc1ccc(N(CC(=O)N(Cc2ccc(Cl)cc2)[C@H](Cc2ccccc2)C(=O)NC(C)(C)C)S(=O)(=O)c2ccc(F)cc2)cc1. The number of sulfonamides is 1. The van der Waals surface area contributed by atoms with Gasteiger partial charge in [0.1, 0.15) is 18.4 Å². The number of hydrogen-bond donors (Lipinski definition) is 1. The summed E-state index contributed by atoms with van der Waals surface area (Å²) in [5.41, 5.74) is 2.09. The van der Waals surface area contributed by atoms with Crippen LogP contribution in [0.1, 0.15) is 37.5 Å². The minimum absolute atomic E-state index is 0.0173. The highest BCUT2D eigenvalue weighted by atomic mass is 35.5. The Morgan fingerprint density at radius 1 is 0.844 bits per heavy atom. The molecule has 0 aromatic heterocycles. The Labute approximate surface area is 269 Å². The molecule has 0 aliphatic heterocycles. The molecule has 0 fully saturated rings. The summed E-state index contributed by atoms with van der Waals surface area (Å²) >= 11 is 6.13. The average Bonchev–Trinajstić information content (AvgIpc) is 2.99. The van der Waals surface area contributed by atoms with Crippen molar-refractivity contribution in [1.29, 1.82) is 0 Å². The van der Waals surface area contributed by atoms with E-state index in [1.807, 2.05) is 58.0 Å². The molecule has 4 aromatic rings. The highest BCUT2D eigenvalue weighted by Gasteiger charge is 2.35. The van der Waals surface area contributed by atoms with Crippen LogP contribution < -0.4 is 9.62 Å². The van der Waals surface area contributed by atoms with Gasteiger partial charge in [0.05, 0.1) is 10.6 Å². The van der Waals surface area contributed by atoms with Gasteiger partial charge >= 0.3 is 0 Å². The fraction of sp³-hybridized carbons (Fsp3) is 0.257. The molecule has 7 nitrogen and oxygen atoms in total. The van der Waals surface area contributed by atoms with Crippen LogP contribution in [-0.4, -0.2) is 43.3 Å². The molecular weight excluding hydrogens is 613 g/mol. The topological polar surface area (TPSA) is 86.8 Å². The molecule has 0 radical (unpaired) electrons. The molecule has 0 aliphatic rings. The van der Waals surface area contributed by atoms with Crippen LogP contribution in [-0.2, 0) is 32.6 Å². The lowest BCUT2D eigenvalue weighted by Crippen LogP contribution is -2.56. The molecule has 0 bridgehead atoms. The average molecular weight is 650 g/mol. The number of anilines is 1. The molecule has 1 N–H and O–H groups in total. The van der Waals surface area contributed by atoms with E-state index in [2.05, 4.69) is 5.32 Å². The summed E-state index contributed by atoms with van der Waals surface area (Å²) in [7, 11) is -4.32. The molecule has 4 aromatic carbocycles. The van der Waals surface area contributed by atoms with Crippen LogP contribution in [0.4, 0.5) is 10.1 Å². The van der Waals surface area contributed by atoms with Crippen LogP contribution in [0.25, 0.3) is 0 Å². The molecule has 4 rings (SSSR count). The second-order valence-corrected chi connectivity index (χ2v) is 14.2. The molecule has 2 amide bonds. The predicted octanol–water partition coefficient (Wildman–Crippen LogP) is 6.54. The van der Waals surface area contributed by atoms with Crippen molar-refractivity contribution in [3.8, 4) is 0 Å². The van der Waals surface area contributed by atoms with Gasteiger partial charge in [0.15, 0.2) is 0 Å². The standard InChI is InChI=1S/C35H37ClFN3O4S/c1-25-10-18-30(19-11-25)40(45(43,44)31-20-16-29(37)17-21-31)24-33(41)39(23-27-12-14-28(36)15-13-27)32(34(42)38-35(2,3)4)22-26-8-6-5-7-9-26/h5-21,32H,22-24H2,1-4H3,(H,38,42)/t32-/m1/s1. The smallest absolute Gasteiger partial charge is 0.264 e. The van der Waals surface area contributed by atoms with Gasteiger partial charge in [-0.25, -0.2) is 12.8 Å². The maximum atomic E-state index is 14.5. The van der Waals surface area contributed by atoms with E-state index in [4.69, 9.17) is 11.6 Å². The normalized spacial score (nSPS) is 12.3. The highest BCUT2D eigenvalue weighted by Crippen LogP contribution is 2.26. The monoisotopic (exact) mass is 649 g/mol. The third kappa shape index (κ3) is 9.15. The van der Waals surface area contributed by atoms with Gasteiger partial charge in [-0.1, -0.05) is 71.8 Å². The molecule has 0 saturated carbocycles. The zero-order valence-corrected chi connectivity index (χ0v) is 27.3. The summed E-state index contributed by atoms with van der Waals surface area (Å²) in [4.78, 5) is 29.6. The van der Waals surface area contributed by atoms with Crippen LogP contribution in [0.2, 0.25) is 5.02 Å². The number of aryl methyl sites for hydroxylation is 1. The van der Waals surface area contributed by atoms with Crippen LogP contribution in [0, 0.1) is 12.7 Å². The molecule has 0 aliphatic carbocycles. The van der Waals surface area contributed by atoms with E-state index in [-0.39, 0.29) is 29.5 Å². The van der Waals surface area contributed by atoms with Gasteiger partial charge < -0.3 is 10.2 Å². The van der Waals surface area contributed by atoms with Crippen molar-refractivity contribution in [2.75, 3.05) is 10.8 Å². The first-order valence-electron chi connectivity index (χ1n) is 14.5. The van der Waals surface area contributed by atoms with Gasteiger partial charge in [-0.2, -0.15) is 0 Å². The van der Waals surface area contributed by atoms with Gasteiger partial charge in [-0.15, -0.1) is 0 Å². The van der Waals surface area contributed by atoms with Gasteiger partial charge in [0.2, 0.25) is 11.8 Å². The van der Waals surface area contributed by atoms with E-state index in [1.54, 1.807) is 48.5 Å². The zero-order chi connectivity index (χ0) is 32.8. The Bertz CT molecular complexity index is 1710. The third-order valence-corrected chi connectivity index (χ3v) is 9.08. The summed E-state index contributed by atoms with van der Waals surface area (Å²) < 4.78 is 42.7. The molecule has 236 valence electrons. The number of carbonyl (C=O) groups excluding carboxylic acids is 2. The first-order valence-corrected chi connectivity index (χ1v) is 16.3. The fourth-order valence-electron chi connectivity index (χ4n) is 4.77. The molecule has 45 heavy (non-hydrogen) atoms. The van der Waals surface area contributed by atoms with Crippen molar-refractivity contribution in [2.45, 2.75) is 57.1 Å². The Hall–Kier alpha value is -4.21. The van der Waals surface area contributed by atoms with Crippen molar-refractivity contribution in [3.05, 3.63) is 131 Å². The molecule has 0 saturated heterocycles. The number of halogens is 2. The van der Waals surface area contributed by atoms with Gasteiger partial charge in [-0.3, -0.25) is 13.9 Å². The van der Waals surface area contributed by atoms with E-state index in [1.165, 1.54) is 4.90 Å². The molecule has 0 heterocycles. The van der Waals surface area contributed by atoms with Crippen LogP contribution >= 0.6 is 11.6 Å². The highest BCUT2D eigenvalue weighted by molar-refractivity contribution is 7.92. The van der Waals surface area contributed by atoms with E-state index >= 15 is 0 Å². The Balaban J connectivity index is 1.81.